The van der Waals surface area contributed by atoms with Crippen molar-refractivity contribution in [3.8, 4) is 5.75 Å². The molecule has 0 amide bonds. The van der Waals surface area contributed by atoms with Crippen molar-refractivity contribution in [2.75, 3.05) is 20.2 Å². The van der Waals surface area contributed by atoms with E-state index in [1.54, 1.807) is 0 Å². The number of benzene rings is 2. The van der Waals surface area contributed by atoms with E-state index in [0.717, 1.165) is 37.7 Å². The monoisotopic (exact) mass is 323 g/mol. The van der Waals surface area contributed by atoms with Gasteiger partial charge in [-0.25, -0.2) is 0 Å². The van der Waals surface area contributed by atoms with Gasteiger partial charge in [0.2, 0.25) is 0 Å². The SMILES string of the molecule is CN=C(NCCc1ccc(C)cc1)NC1CCOc2ccccc21. The summed E-state index contributed by atoms with van der Waals surface area (Å²) in [6, 6.07) is 17.1. The topological polar surface area (TPSA) is 45.7 Å². The smallest absolute Gasteiger partial charge is 0.191 e. The van der Waals surface area contributed by atoms with Crippen LogP contribution in [0, 0.1) is 6.92 Å². The van der Waals surface area contributed by atoms with Crippen LogP contribution in [0.3, 0.4) is 0 Å². The Kier molecular flexibility index (Phi) is 5.36. The molecular weight excluding hydrogens is 298 g/mol. The molecule has 126 valence electrons. The van der Waals surface area contributed by atoms with Crippen LogP contribution in [0.2, 0.25) is 0 Å². The maximum atomic E-state index is 5.72. The highest BCUT2D eigenvalue weighted by Gasteiger charge is 2.21. The summed E-state index contributed by atoms with van der Waals surface area (Å²) < 4.78 is 5.72. The number of aryl methyl sites for hydroxylation is 1. The third kappa shape index (κ3) is 4.07. The van der Waals surface area contributed by atoms with Gasteiger partial charge in [0, 0.05) is 25.6 Å². The number of guanidine groups is 1. The van der Waals surface area contributed by atoms with Crippen molar-refractivity contribution < 1.29 is 4.74 Å². The normalized spacial score (nSPS) is 16.9. The zero-order chi connectivity index (χ0) is 16.8. The summed E-state index contributed by atoms with van der Waals surface area (Å²) in [5, 5.41) is 6.92. The Morgan fingerprint density at radius 1 is 1.17 bits per heavy atom. The molecule has 1 aliphatic rings. The predicted molar refractivity (Wildman–Crippen MR) is 98.7 cm³/mol. The molecule has 24 heavy (non-hydrogen) atoms. The van der Waals surface area contributed by atoms with Crippen molar-refractivity contribution >= 4 is 5.96 Å². The number of para-hydroxylation sites is 1. The van der Waals surface area contributed by atoms with Gasteiger partial charge in [-0.1, -0.05) is 48.0 Å². The average molecular weight is 323 g/mol. The maximum Gasteiger partial charge on any atom is 0.191 e. The first-order valence-electron chi connectivity index (χ1n) is 8.51. The molecule has 0 spiro atoms. The second-order valence-corrected chi connectivity index (χ2v) is 6.11. The summed E-state index contributed by atoms with van der Waals surface area (Å²) in [6.07, 6.45) is 1.92. The van der Waals surface area contributed by atoms with Crippen LogP contribution in [0.5, 0.6) is 5.75 Å². The third-order valence-electron chi connectivity index (χ3n) is 4.32. The van der Waals surface area contributed by atoms with Crippen LogP contribution < -0.4 is 15.4 Å². The van der Waals surface area contributed by atoms with Crippen molar-refractivity contribution in [2.45, 2.75) is 25.8 Å². The molecule has 0 fully saturated rings. The Morgan fingerprint density at radius 2 is 1.96 bits per heavy atom. The number of rotatable bonds is 4. The van der Waals surface area contributed by atoms with Gasteiger partial charge in [-0.05, 0) is 25.0 Å². The van der Waals surface area contributed by atoms with Gasteiger partial charge in [0.15, 0.2) is 5.96 Å². The molecule has 3 rings (SSSR count). The van der Waals surface area contributed by atoms with E-state index < -0.39 is 0 Å². The molecular formula is C20H25N3O. The van der Waals surface area contributed by atoms with Crippen molar-refractivity contribution in [3.05, 3.63) is 65.2 Å². The van der Waals surface area contributed by atoms with Gasteiger partial charge in [0.05, 0.1) is 12.6 Å². The van der Waals surface area contributed by atoms with Crippen LogP contribution in [-0.4, -0.2) is 26.2 Å². The molecule has 0 bridgehead atoms. The first-order valence-corrected chi connectivity index (χ1v) is 8.51. The minimum atomic E-state index is 0.237. The molecule has 1 aliphatic heterocycles. The van der Waals surface area contributed by atoms with E-state index in [4.69, 9.17) is 4.74 Å². The number of aliphatic imine (C=N–C) groups is 1. The van der Waals surface area contributed by atoms with Gasteiger partial charge >= 0.3 is 0 Å². The molecule has 2 N–H and O–H groups in total. The number of hydrogen-bond donors (Lipinski definition) is 2. The Bertz CT molecular complexity index is 694. The number of nitrogens with zero attached hydrogens (tertiary/aromatic N) is 1. The lowest BCUT2D eigenvalue weighted by molar-refractivity contribution is 0.261. The number of fused-ring (bicyclic) bond motifs is 1. The summed E-state index contributed by atoms with van der Waals surface area (Å²) >= 11 is 0. The lowest BCUT2D eigenvalue weighted by Crippen LogP contribution is -2.41. The molecule has 0 aromatic heterocycles. The van der Waals surface area contributed by atoms with E-state index in [9.17, 15) is 0 Å². The van der Waals surface area contributed by atoms with Gasteiger partial charge in [-0.3, -0.25) is 4.99 Å². The molecule has 2 aromatic carbocycles. The van der Waals surface area contributed by atoms with E-state index in [0.29, 0.717) is 0 Å². The highest BCUT2D eigenvalue weighted by Crippen LogP contribution is 2.31. The minimum Gasteiger partial charge on any atom is -0.493 e. The van der Waals surface area contributed by atoms with Gasteiger partial charge in [0.1, 0.15) is 5.75 Å². The Morgan fingerprint density at radius 3 is 2.75 bits per heavy atom. The number of ether oxygens (including phenoxy) is 1. The number of nitrogens with one attached hydrogen (secondary N) is 2. The summed E-state index contributed by atoms with van der Waals surface area (Å²) in [4.78, 5) is 4.35. The molecule has 0 saturated heterocycles. The molecule has 0 saturated carbocycles. The summed E-state index contributed by atoms with van der Waals surface area (Å²) in [5.41, 5.74) is 3.83. The van der Waals surface area contributed by atoms with Crippen LogP contribution in [0.4, 0.5) is 0 Å². The first kappa shape index (κ1) is 16.4. The van der Waals surface area contributed by atoms with Crippen molar-refractivity contribution in [2.24, 2.45) is 4.99 Å². The van der Waals surface area contributed by atoms with Crippen molar-refractivity contribution in [1.82, 2.24) is 10.6 Å². The molecule has 2 aromatic rings. The first-order chi connectivity index (χ1) is 11.8. The summed E-state index contributed by atoms with van der Waals surface area (Å²) in [5.74, 6) is 1.81. The van der Waals surface area contributed by atoms with E-state index in [1.807, 2.05) is 19.2 Å². The third-order valence-corrected chi connectivity index (χ3v) is 4.32. The van der Waals surface area contributed by atoms with E-state index in [1.165, 1.54) is 16.7 Å². The van der Waals surface area contributed by atoms with Crippen LogP contribution >= 0.6 is 0 Å². The molecule has 0 aliphatic carbocycles. The van der Waals surface area contributed by atoms with Crippen LogP contribution in [0.1, 0.15) is 29.2 Å². The van der Waals surface area contributed by atoms with Gasteiger partial charge in [0.25, 0.3) is 0 Å². The fourth-order valence-electron chi connectivity index (χ4n) is 2.93. The van der Waals surface area contributed by atoms with Gasteiger partial charge in [-0.2, -0.15) is 0 Å². The lowest BCUT2D eigenvalue weighted by Gasteiger charge is -2.28. The average Bonchev–Trinajstić information content (AvgIpc) is 2.62. The highest BCUT2D eigenvalue weighted by atomic mass is 16.5. The Labute approximate surface area is 144 Å². The summed E-state index contributed by atoms with van der Waals surface area (Å²) in [6.45, 7) is 3.70. The molecule has 1 atom stereocenters. The zero-order valence-electron chi connectivity index (χ0n) is 14.4. The van der Waals surface area contributed by atoms with Gasteiger partial charge < -0.3 is 15.4 Å². The standard InChI is InChI=1S/C20H25N3O/c1-15-7-9-16(10-8-15)11-13-22-20(21-2)23-18-12-14-24-19-6-4-3-5-17(18)19/h3-10,18H,11-14H2,1-2H3,(H2,21,22,23). The van der Waals surface area contributed by atoms with E-state index in [-0.39, 0.29) is 6.04 Å². The quantitative estimate of drug-likeness (QED) is 0.671. The van der Waals surface area contributed by atoms with Crippen molar-refractivity contribution in [3.63, 3.8) is 0 Å². The minimum absolute atomic E-state index is 0.237. The molecule has 0 radical (unpaired) electrons. The molecule has 1 heterocycles. The molecule has 4 heteroatoms. The highest BCUT2D eigenvalue weighted by molar-refractivity contribution is 5.80. The van der Waals surface area contributed by atoms with Crippen molar-refractivity contribution in [1.29, 1.82) is 0 Å². The maximum absolute atomic E-state index is 5.72. The summed E-state index contributed by atoms with van der Waals surface area (Å²) in [7, 11) is 1.81. The largest absolute Gasteiger partial charge is 0.493 e. The zero-order valence-corrected chi connectivity index (χ0v) is 14.4. The lowest BCUT2D eigenvalue weighted by atomic mass is 10.0. The fourth-order valence-corrected chi connectivity index (χ4v) is 2.93. The second kappa shape index (κ2) is 7.86. The molecule has 1 unspecified atom stereocenters. The van der Waals surface area contributed by atoms with E-state index >= 15 is 0 Å². The van der Waals surface area contributed by atoms with Crippen LogP contribution in [0.25, 0.3) is 0 Å². The predicted octanol–water partition coefficient (Wildman–Crippen LogP) is 3.23. The molecule has 4 nitrogen and oxygen atoms in total. The fraction of sp³-hybridized carbons (Fsp3) is 0.350. The number of hydrogen-bond acceptors (Lipinski definition) is 2. The van der Waals surface area contributed by atoms with Crippen LogP contribution in [-0.2, 0) is 6.42 Å². The Balaban J connectivity index is 1.55. The van der Waals surface area contributed by atoms with E-state index in [2.05, 4.69) is 58.9 Å². The van der Waals surface area contributed by atoms with Crippen LogP contribution in [0.15, 0.2) is 53.5 Å². The Hall–Kier alpha value is -2.49. The van der Waals surface area contributed by atoms with Gasteiger partial charge in [-0.15, -0.1) is 0 Å². The second-order valence-electron chi connectivity index (χ2n) is 6.11.